The summed E-state index contributed by atoms with van der Waals surface area (Å²) in [5.74, 6) is -2.76. The number of nitriles is 1. The van der Waals surface area contributed by atoms with Crippen LogP contribution >= 0.6 is 0 Å². The topological polar surface area (TPSA) is 85.5 Å². The normalized spacial score (nSPS) is 17.8. The van der Waals surface area contributed by atoms with Crippen molar-refractivity contribution in [2.24, 2.45) is 5.92 Å². The third kappa shape index (κ3) is 7.25. The summed E-state index contributed by atoms with van der Waals surface area (Å²) >= 11 is -0.462. The van der Waals surface area contributed by atoms with E-state index in [1.165, 1.54) is 4.57 Å². The third-order valence-electron chi connectivity index (χ3n) is 8.33. The van der Waals surface area contributed by atoms with Crippen LogP contribution in [0.1, 0.15) is 70.8 Å². The number of fused-ring (bicyclic) bond motifs is 1. The fraction of sp³-hybridized carbons (Fsp3) is 0.667. The Morgan fingerprint density at radius 2 is 1.78 bits per heavy atom. The van der Waals surface area contributed by atoms with Crippen LogP contribution in [0.4, 0.5) is 14.7 Å². The number of piperidine rings is 2. The molecule has 0 spiro atoms. The number of carbonyl (C=O) groups is 2. The molecule has 41 heavy (non-hydrogen) atoms. The van der Waals surface area contributed by atoms with Crippen LogP contribution in [0.2, 0.25) is 0 Å². The van der Waals surface area contributed by atoms with Crippen LogP contribution in [0.5, 0.6) is 0 Å². The van der Waals surface area contributed by atoms with Gasteiger partial charge in [0, 0.05) is 0 Å². The summed E-state index contributed by atoms with van der Waals surface area (Å²) < 4.78 is 33.2. The van der Waals surface area contributed by atoms with Crippen molar-refractivity contribution >= 4 is 28.8 Å². The van der Waals surface area contributed by atoms with E-state index < -0.39 is 38.4 Å². The predicted molar refractivity (Wildman–Crippen MR) is 151 cm³/mol. The number of halogens is 3. The molecule has 2 saturated heterocycles. The van der Waals surface area contributed by atoms with Crippen molar-refractivity contribution in [3.63, 3.8) is 0 Å². The molecular weight excluding hydrogens is 641 g/mol. The fourth-order valence-corrected chi connectivity index (χ4v) is 8.31. The molecule has 0 bridgehead atoms. The fourth-order valence-electron chi connectivity index (χ4n) is 5.82. The summed E-state index contributed by atoms with van der Waals surface area (Å²) in [6.07, 6.45) is 6.96. The van der Waals surface area contributed by atoms with Gasteiger partial charge in [0.15, 0.2) is 0 Å². The number of imidazole rings is 1. The van der Waals surface area contributed by atoms with E-state index in [0.717, 1.165) is 73.7 Å². The number of aryl methyl sites for hydroxylation is 1. The molecule has 2 fully saturated rings. The van der Waals surface area contributed by atoms with Gasteiger partial charge >= 0.3 is 246 Å². The minimum atomic E-state index is -0.875. The van der Waals surface area contributed by atoms with Gasteiger partial charge < -0.3 is 0 Å². The van der Waals surface area contributed by atoms with Crippen LogP contribution in [0, 0.1) is 28.9 Å². The van der Waals surface area contributed by atoms with E-state index in [-0.39, 0.29) is 45.7 Å². The Kier molecular flexibility index (Phi) is 11.5. The number of hydrogen-bond acceptors (Lipinski definition) is 6. The van der Waals surface area contributed by atoms with E-state index in [0.29, 0.717) is 25.3 Å². The zero-order valence-corrected chi connectivity index (χ0v) is 26.6. The van der Waals surface area contributed by atoms with Crippen molar-refractivity contribution in [2.45, 2.75) is 77.8 Å². The van der Waals surface area contributed by atoms with Gasteiger partial charge in [-0.2, -0.15) is 0 Å². The average molecular weight is 684 g/mol. The Morgan fingerprint density at radius 1 is 1.10 bits per heavy atom. The second kappa shape index (κ2) is 14.8. The molecule has 1 aromatic heterocycles. The second-order valence-electron chi connectivity index (χ2n) is 11.2. The molecule has 0 unspecified atom stereocenters. The van der Waals surface area contributed by atoms with Gasteiger partial charge in [-0.3, -0.25) is 0 Å². The molecule has 4 rings (SSSR count). The molecule has 226 valence electrons. The van der Waals surface area contributed by atoms with Crippen LogP contribution in [-0.2, 0) is 16.1 Å². The van der Waals surface area contributed by atoms with Crippen LogP contribution in [0.3, 0.4) is 0 Å². The van der Waals surface area contributed by atoms with Gasteiger partial charge in [-0.25, -0.2) is 0 Å². The molecule has 0 saturated carbocycles. The number of carbonyl (C=O) groups excluding carboxylic acids is 2. The van der Waals surface area contributed by atoms with Gasteiger partial charge in [-0.1, -0.05) is 0 Å². The number of benzene rings is 1. The second-order valence-corrected chi connectivity index (χ2v) is 14.1. The standard InChI is InChI=1S/C30H42F2IN6O2/c1-4-6-12-33-19-25(40)39(29(41)21-8-16-37(17-9-21)23-10-14-36(3)15-11-23)30-35-27-24(31)18-22(20-34)26(32)28(27)38(30)13-7-5-2/h18,21,23H,4-17,19H2,1-3H3/q-1. The monoisotopic (exact) mass is 683 g/mol. The average Bonchev–Trinajstić information content (AvgIpc) is 3.36. The summed E-state index contributed by atoms with van der Waals surface area (Å²) in [4.78, 5) is 38.3. The molecule has 2 aliphatic heterocycles. The summed E-state index contributed by atoms with van der Waals surface area (Å²) in [7, 11) is 2.14. The summed E-state index contributed by atoms with van der Waals surface area (Å²) in [6.45, 7) is 8.05. The van der Waals surface area contributed by atoms with E-state index >= 15 is 8.78 Å². The Bertz CT molecular complexity index is 1260. The zero-order valence-electron chi connectivity index (χ0n) is 24.5. The molecular formula is C30H42F2IN6O2-. The molecule has 2 aromatic rings. The molecule has 0 aliphatic carbocycles. The molecule has 0 radical (unpaired) electrons. The zero-order chi connectivity index (χ0) is 29.5. The SMILES string of the molecule is CCCC[I-]CC(=O)N(C(=O)C1CCN(C2CCN(C)CC2)CC1)c1nc2c(F)cc(C#N)c(F)c2n1CCCC. The van der Waals surface area contributed by atoms with Crippen molar-refractivity contribution in [3.05, 3.63) is 23.3 Å². The van der Waals surface area contributed by atoms with Crippen LogP contribution in [0.15, 0.2) is 6.07 Å². The Balaban J connectivity index is 1.66. The van der Waals surface area contributed by atoms with Crippen molar-refractivity contribution < 1.29 is 39.6 Å². The number of amides is 2. The van der Waals surface area contributed by atoms with Gasteiger partial charge in [0.2, 0.25) is 0 Å². The molecule has 2 aliphatic rings. The molecule has 2 amide bonds. The Morgan fingerprint density at radius 3 is 2.41 bits per heavy atom. The van der Waals surface area contributed by atoms with Crippen molar-refractivity contribution in [1.29, 1.82) is 5.26 Å². The van der Waals surface area contributed by atoms with Crippen molar-refractivity contribution in [1.82, 2.24) is 19.4 Å². The number of anilines is 1. The molecule has 0 atom stereocenters. The van der Waals surface area contributed by atoms with Crippen molar-refractivity contribution in [2.75, 3.05) is 47.0 Å². The first-order valence-corrected chi connectivity index (χ1v) is 18.0. The third-order valence-corrected chi connectivity index (χ3v) is 11.0. The summed E-state index contributed by atoms with van der Waals surface area (Å²) in [5, 5.41) is 9.39. The van der Waals surface area contributed by atoms with Gasteiger partial charge in [0.25, 0.3) is 0 Å². The molecule has 3 heterocycles. The van der Waals surface area contributed by atoms with Gasteiger partial charge in [0.1, 0.15) is 0 Å². The quantitative estimate of drug-likeness (QED) is 0.203. The first-order valence-electron chi connectivity index (χ1n) is 14.9. The Labute approximate surface area is 252 Å². The predicted octanol–water partition coefficient (Wildman–Crippen LogP) is 1.54. The van der Waals surface area contributed by atoms with Gasteiger partial charge in [-0.05, 0) is 7.05 Å². The van der Waals surface area contributed by atoms with E-state index in [2.05, 4.69) is 28.8 Å². The summed E-state index contributed by atoms with van der Waals surface area (Å²) in [6, 6.07) is 3.06. The number of imide groups is 1. The number of hydrogen-bond donors (Lipinski definition) is 0. The van der Waals surface area contributed by atoms with E-state index in [1.807, 2.05) is 6.92 Å². The molecule has 11 heteroatoms. The van der Waals surface area contributed by atoms with Crippen molar-refractivity contribution in [3.8, 4) is 6.07 Å². The summed E-state index contributed by atoms with van der Waals surface area (Å²) in [5.41, 5.74) is -0.834. The maximum atomic E-state index is 15.5. The van der Waals surface area contributed by atoms with E-state index in [1.54, 1.807) is 6.07 Å². The van der Waals surface area contributed by atoms with Crippen LogP contribution in [0.25, 0.3) is 11.0 Å². The van der Waals surface area contributed by atoms with E-state index in [4.69, 9.17) is 0 Å². The molecule has 8 nitrogen and oxygen atoms in total. The Hall–Kier alpha value is -2.17. The first kappa shape index (κ1) is 31.8. The van der Waals surface area contributed by atoms with Crippen LogP contribution < -0.4 is 26.1 Å². The number of rotatable bonds is 11. The maximum absolute atomic E-state index is 15.5. The van der Waals surface area contributed by atoms with E-state index in [9.17, 15) is 14.9 Å². The molecule has 0 N–H and O–H groups in total. The van der Waals surface area contributed by atoms with Gasteiger partial charge in [-0.15, -0.1) is 0 Å². The number of nitrogens with zero attached hydrogens (tertiary/aromatic N) is 6. The number of likely N-dealkylation sites (tertiary alicyclic amines) is 2. The van der Waals surface area contributed by atoms with Crippen LogP contribution in [-0.4, -0.2) is 79.3 Å². The number of unbranched alkanes of at least 4 members (excludes halogenated alkanes) is 2. The first-order chi connectivity index (χ1) is 19.8. The minimum absolute atomic E-state index is 0.0198. The number of alkyl halides is 2. The van der Waals surface area contributed by atoms with Gasteiger partial charge in [0.05, 0.1) is 0 Å². The molecule has 1 aromatic carbocycles. The number of aromatic nitrogens is 2.